The Balaban J connectivity index is 1.23. The van der Waals surface area contributed by atoms with E-state index in [1.807, 2.05) is 6.08 Å². The maximum Gasteiger partial charge on any atom is 0.270 e. The van der Waals surface area contributed by atoms with Crippen LogP contribution in [0.3, 0.4) is 0 Å². The van der Waals surface area contributed by atoms with Gasteiger partial charge in [0.05, 0.1) is 0 Å². The van der Waals surface area contributed by atoms with Crippen molar-refractivity contribution in [2.24, 2.45) is 0 Å². The molecule has 1 aromatic carbocycles. The van der Waals surface area contributed by atoms with Crippen LogP contribution in [0.2, 0.25) is 0 Å². The van der Waals surface area contributed by atoms with E-state index in [9.17, 15) is 23.6 Å². The predicted octanol–water partition coefficient (Wildman–Crippen LogP) is 1.29. The van der Waals surface area contributed by atoms with E-state index in [0.29, 0.717) is 30.5 Å². The molecule has 3 aliphatic rings. The Morgan fingerprint density at radius 3 is 2.71 bits per heavy atom. The van der Waals surface area contributed by atoms with Crippen molar-refractivity contribution in [2.75, 3.05) is 13.1 Å². The van der Waals surface area contributed by atoms with Gasteiger partial charge in [0.25, 0.3) is 11.8 Å². The fraction of sp³-hybridized carbons (Fsp3) is 0.320. The fourth-order valence-electron chi connectivity index (χ4n) is 4.68. The minimum absolute atomic E-state index is 0.0128. The van der Waals surface area contributed by atoms with Crippen molar-refractivity contribution < 1.29 is 23.6 Å². The summed E-state index contributed by atoms with van der Waals surface area (Å²) in [6, 6.07) is 7.62. The van der Waals surface area contributed by atoms with E-state index >= 15 is 0 Å². The molecular formula is C25H24FN5O4. The predicted molar refractivity (Wildman–Crippen MR) is 123 cm³/mol. The minimum Gasteiger partial charge on any atom is -0.347 e. The first-order chi connectivity index (χ1) is 16.9. The number of hydrogen-bond acceptors (Lipinski definition) is 6. The van der Waals surface area contributed by atoms with Crippen molar-refractivity contribution in [1.82, 2.24) is 25.8 Å². The molecule has 1 fully saturated rings. The zero-order valence-corrected chi connectivity index (χ0v) is 18.9. The summed E-state index contributed by atoms with van der Waals surface area (Å²) < 4.78 is 14.5. The third-order valence-corrected chi connectivity index (χ3v) is 6.53. The third-order valence-electron chi connectivity index (χ3n) is 6.53. The molecule has 3 aliphatic heterocycles. The molecule has 2 aromatic rings. The molecule has 3 N–H and O–H groups in total. The van der Waals surface area contributed by atoms with Crippen LogP contribution >= 0.6 is 0 Å². The molecule has 10 heteroatoms. The molecular weight excluding hydrogens is 453 g/mol. The van der Waals surface area contributed by atoms with E-state index < -0.39 is 23.8 Å². The average Bonchev–Trinajstić information content (AvgIpc) is 3.18. The van der Waals surface area contributed by atoms with Crippen LogP contribution in [-0.4, -0.2) is 52.6 Å². The summed E-state index contributed by atoms with van der Waals surface area (Å²) in [6.07, 6.45) is 3.11. The fourth-order valence-corrected chi connectivity index (χ4v) is 4.68. The van der Waals surface area contributed by atoms with Gasteiger partial charge in [0, 0.05) is 37.2 Å². The molecule has 0 aliphatic carbocycles. The first-order valence-electron chi connectivity index (χ1n) is 11.5. The number of rotatable bonds is 5. The number of piperidine rings is 1. The Morgan fingerprint density at radius 1 is 1.14 bits per heavy atom. The molecule has 1 saturated heterocycles. The average molecular weight is 477 g/mol. The van der Waals surface area contributed by atoms with Crippen molar-refractivity contribution >= 4 is 29.2 Å². The van der Waals surface area contributed by atoms with E-state index in [1.54, 1.807) is 24.3 Å². The Kier molecular flexibility index (Phi) is 6.12. The van der Waals surface area contributed by atoms with Crippen LogP contribution in [0.1, 0.15) is 56.8 Å². The molecule has 0 radical (unpaired) electrons. The summed E-state index contributed by atoms with van der Waals surface area (Å²) in [5.41, 5.74) is 3.27. The second kappa shape index (κ2) is 9.38. The Bertz CT molecular complexity index is 1270. The quantitative estimate of drug-likeness (QED) is 0.441. The van der Waals surface area contributed by atoms with E-state index in [1.165, 1.54) is 11.0 Å². The number of amides is 4. The van der Waals surface area contributed by atoms with Crippen molar-refractivity contribution in [1.29, 1.82) is 0 Å². The summed E-state index contributed by atoms with van der Waals surface area (Å²) in [5, 5.41) is 8.19. The molecule has 180 valence electrons. The van der Waals surface area contributed by atoms with Crippen molar-refractivity contribution in [3.05, 3.63) is 70.3 Å². The van der Waals surface area contributed by atoms with E-state index in [4.69, 9.17) is 0 Å². The Hall–Kier alpha value is -3.92. The number of nitrogens with zero attached hydrogens (tertiary/aromatic N) is 2. The first-order valence-corrected chi connectivity index (χ1v) is 11.5. The second-order valence-electron chi connectivity index (χ2n) is 8.79. The van der Waals surface area contributed by atoms with Crippen molar-refractivity contribution in [3.8, 4) is 0 Å². The number of carbonyl (C=O) groups excluding carboxylic acids is 4. The van der Waals surface area contributed by atoms with Gasteiger partial charge in [0.2, 0.25) is 17.8 Å². The van der Waals surface area contributed by atoms with Crippen LogP contribution in [0.5, 0.6) is 0 Å². The molecule has 35 heavy (non-hydrogen) atoms. The minimum atomic E-state index is -0.680. The maximum atomic E-state index is 14.5. The highest BCUT2D eigenvalue weighted by molar-refractivity contribution is 6.05. The van der Waals surface area contributed by atoms with Crippen molar-refractivity contribution in [3.63, 3.8) is 0 Å². The molecule has 0 bridgehead atoms. The van der Waals surface area contributed by atoms with Gasteiger partial charge >= 0.3 is 0 Å². The molecule has 1 unspecified atom stereocenters. The number of carbonyl (C=O) groups is 4. The van der Waals surface area contributed by atoms with Crippen molar-refractivity contribution in [2.45, 2.75) is 38.4 Å². The van der Waals surface area contributed by atoms with E-state index in [0.717, 1.165) is 23.2 Å². The molecule has 1 atom stereocenters. The van der Waals surface area contributed by atoms with E-state index in [2.05, 4.69) is 20.9 Å². The lowest BCUT2D eigenvalue weighted by atomic mass is 10.0. The van der Waals surface area contributed by atoms with Crippen LogP contribution in [0, 0.1) is 5.95 Å². The Morgan fingerprint density at radius 2 is 1.97 bits per heavy atom. The van der Waals surface area contributed by atoms with Gasteiger partial charge in [-0.05, 0) is 54.3 Å². The molecule has 1 aromatic heterocycles. The molecule has 4 heterocycles. The van der Waals surface area contributed by atoms with Gasteiger partial charge in [-0.1, -0.05) is 18.2 Å². The number of nitrogens with one attached hydrogen (secondary N) is 3. The number of halogens is 1. The Labute approximate surface area is 200 Å². The lowest BCUT2D eigenvalue weighted by Crippen LogP contribution is -2.52. The summed E-state index contributed by atoms with van der Waals surface area (Å²) >= 11 is 0. The number of imide groups is 1. The van der Waals surface area contributed by atoms with Crippen LogP contribution in [0.4, 0.5) is 4.39 Å². The monoisotopic (exact) mass is 477 g/mol. The zero-order chi connectivity index (χ0) is 24.5. The van der Waals surface area contributed by atoms with Gasteiger partial charge in [-0.25, -0.2) is 4.98 Å². The summed E-state index contributed by atoms with van der Waals surface area (Å²) in [7, 11) is 0. The summed E-state index contributed by atoms with van der Waals surface area (Å²) in [6.45, 7) is 1.86. The van der Waals surface area contributed by atoms with Gasteiger partial charge in [-0.2, -0.15) is 4.39 Å². The smallest absolute Gasteiger partial charge is 0.270 e. The topological polar surface area (TPSA) is 120 Å². The third kappa shape index (κ3) is 4.57. The number of benzene rings is 1. The number of aromatic nitrogens is 1. The molecule has 4 amide bonds. The van der Waals surface area contributed by atoms with Crippen LogP contribution < -0.4 is 16.0 Å². The molecule has 0 spiro atoms. The maximum absolute atomic E-state index is 14.5. The summed E-state index contributed by atoms with van der Waals surface area (Å²) in [5.74, 6) is -2.22. The molecule has 5 rings (SSSR count). The number of fused-ring (bicyclic) bond motifs is 1. The SMILES string of the molecule is O=C1CCC(N2Cc3cc(CNC(=O)c4ccc(C5=CCNCC5)c(F)n4)ccc3C2=O)C(=O)N1. The van der Waals surface area contributed by atoms with Gasteiger partial charge < -0.3 is 15.5 Å². The highest BCUT2D eigenvalue weighted by Gasteiger charge is 2.39. The normalized spacial score (nSPS) is 19.8. The number of pyridine rings is 1. The van der Waals surface area contributed by atoms with Crippen LogP contribution in [0.15, 0.2) is 36.4 Å². The van der Waals surface area contributed by atoms with E-state index in [-0.39, 0.29) is 37.0 Å². The van der Waals surface area contributed by atoms with Crippen LogP contribution in [0.25, 0.3) is 5.57 Å². The molecule has 9 nitrogen and oxygen atoms in total. The summed E-state index contributed by atoms with van der Waals surface area (Å²) in [4.78, 5) is 54.3. The highest BCUT2D eigenvalue weighted by atomic mass is 19.1. The second-order valence-corrected chi connectivity index (χ2v) is 8.79. The van der Waals surface area contributed by atoms with Gasteiger partial charge in [0.1, 0.15) is 11.7 Å². The van der Waals surface area contributed by atoms with Gasteiger partial charge in [-0.15, -0.1) is 0 Å². The lowest BCUT2D eigenvalue weighted by molar-refractivity contribution is -0.136. The highest BCUT2D eigenvalue weighted by Crippen LogP contribution is 2.28. The largest absolute Gasteiger partial charge is 0.347 e. The molecule has 0 saturated carbocycles. The van der Waals surface area contributed by atoms with Gasteiger partial charge in [0.15, 0.2) is 0 Å². The zero-order valence-electron chi connectivity index (χ0n) is 18.9. The van der Waals surface area contributed by atoms with Crippen LogP contribution in [-0.2, 0) is 22.7 Å². The lowest BCUT2D eigenvalue weighted by Gasteiger charge is -2.29. The number of hydrogen-bond donors (Lipinski definition) is 3. The van der Waals surface area contributed by atoms with Gasteiger partial charge in [-0.3, -0.25) is 24.5 Å². The standard InChI is InChI=1S/C25H24FN5O4/c26-22-17(15-7-9-27-10-8-15)3-4-19(29-22)23(33)28-12-14-1-2-18-16(11-14)13-31(25(18)35)20-5-6-21(32)30-24(20)34/h1-4,7,11,20,27H,5-6,8-10,12-13H2,(H,28,33)(H,30,32,34). The first kappa shape index (κ1) is 22.9.